The molecule has 0 unspecified atom stereocenters. The van der Waals surface area contributed by atoms with Crippen molar-refractivity contribution in [3.63, 3.8) is 0 Å². The molecular weight excluding hydrogens is 395 g/mol. The van der Waals surface area contributed by atoms with Crippen LogP contribution in [0, 0.1) is 19.7 Å². The van der Waals surface area contributed by atoms with E-state index < -0.39 is 17.8 Å². The number of aryl methyl sites for hydroxylation is 2. The predicted molar refractivity (Wildman–Crippen MR) is 114 cm³/mol. The first kappa shape index (κ1) is 19.2. The van der Waals surface area contributed by atoms with Crippen molar-refractivity contribution in [3.8, 4) is 0 Å². The molecule has 3 heterocycles. The molecule has 1 atom stereocenters. The molecule has 0 N–H and O–H groups in total. The van der Waals surface area contributed by atoms with Gasteiger partial charge in [-0.1, -0.05) is 30.3 Å². The Hall–Kier alpha value is -3.80. The number of benzene rings is 2. The first-order valence-electron chi connectivity index (χ1n) is 9.98. The van der Waals surface area contributed by atoms with Gasteiger partial charge in [-0.15, -0.1) is 0 Å². The number of hydrogen-bond acceptors (Lipinski definition) is 4. The Bertz CT molecular complexity index is 1400. The molecule has 0 aliphatic carbocycles. The lowest BCUT2D eigenvalue weighted by Gasteiger charge is -2.25. The molecule has 31 heavy (non-hydrogen) atoms. The molecule has 1 aliphatic heterocycles. The summed E-state index contributed by atoms with van der Waals surface area (Å²) < 4.78 is 20.9. The highest BCUT2D eigenvalue weighted by Crippen LogP contribution is 2.40. The zero-order valence-corrected chi connectivity index (χ0v) is 17.1. The summed E-state index contributed by atoms with van der Waals surface area (Å²) in [5, 5.41) is 0.397. The molecule has 0 bridgehead atoms. The molecule has 154 valence electrons. The quantitative estimate of drug-likeness (QED) is 0.488. The number of pyridine rings is 1. The molecule has 2 aromatic heterocycles. The van der Waals surface area contributed by atoms with Gasteiger partial charge >= 0.3 is 0 Å². The van der Waals surface area contributed by atoms with Gasteiger partial charge in [0.2, 0.25) is 5.76 Å². The van der Waals surface area contributed by atoms with Crippen LogP contribution in [0.3, 0.4) is 0 Å². The van der Waals surface area contributed by atoms with Gasteiger partial charge in [0, 0.05) is 24.5 Å². The molecule has 4 aromatic rings. The van der Waals surface area contributed by atoms with Crippen LogP contribution in [-0.4, -0.2) is 15.8 Å². The Labute approximate surface area is 177 Å². The Kier molecular flexibility index (Phi) is 4.43. The lowest BCUT2D eigenvalue weighted by molar-refractivity contribution is 0.0712. The molecule has 1 amide bonds. The molecule has 1 aliphatic rings. The number of nitrogens with zero attached hydrogens (tertiary/aromatic N) is 2. The van der Waals surface area contributed by atoms with Crippen LogP contribution in [0.2, 0.25) is 0 Å². The van der Waals surface area contributed by atoms with Crippen molar-refractivity contribution in [3.05, 3.63) is 111 Å². The van der Waals surface area contributed by atoms with Crippen molar-refractivity contribution >= 4 is 16.9 Å². The molecule has 0 saturated heterocycles. The van der Waals surface area contributed by atoms with E-state index in [2.05, 4.69) is 4.98 Å². The minimum absolute atomic E-state index is 0.0263. The highest BCUT2D eigenvalue weighted by molar-refractivity contribution is 5.99. The van der Waals surface area contributed by atoms with E-state index in [1.807, 2.05) is 26.0 Å². The fourth-order valence-corrected chi connectivity index (χ4v) is 4.35. The number of fused-ring (bicyclic) bond motifs is 2. The molecular formula is C25H19FN2O3. The first-order chi connectivity index (χ1) is 15.0. The van der Waals surface area contributed by atoms with Crippen LogP contribution in [0.4, 0.5) is 4.39 Å². The van der Waals surface area contributed by atoms with E-state index >= 15 is 0 Å². The van der Waals surface area contributed by atoms with Crippen LogP contribution in [-0.2, 0) is 6.54 Å². The molecule has 5 rings (SSSR count). The van der Waals surface area contributed by atoms with Crippen LogP contribution in [0.15, 0.2) is 70.1 Å². The maximum atomic E-state index is 14.9. The SMILES string of the molecule is Cc1cc(C)c2oc3c(c(=O)c2c1)[C@H](c1ccccc1F)N(Cc1cccnc1)C3=O. The fourth-order valence-electron chi connectivity index (χ4n) is 4.35. The molecule has 2 aromatic carbocycles. The summed E-state index contributed by atoms with van der Waals surface area (Å²) in [5.74, 6) is -0.947. The van der Waals surface area contributed by atoms with Crippen LogP contribution in [0.25, 0.3) is 11.0 Å². The number of hydrogen-bond donors (Lipinski definition) is 0. The summed E-state index contributed by atoms with van der Waals surface area (Å²) in [5.41, 5.74) is 2.98. The lowest BCUT2D eigenvalue weighted by atomic mass is 9.97. The molecule has 0 radical (unpaired) electrons. The summed E-state index contributed by atoms with van der Waals surface area (Å²) in [4.78, 5) is 32.6. The number of carbonyl (C=O) groups is 1. The number of carbonyl (C=O) groups excluding carboxylic acids is 1. The van der Waals surface area contributed by atoms with Gasteiger partial charge in [-0.25, -0.2) is 4.39 Å². The second-order valence-electron chi connectivity index (χ2n) is 7.85. The van der Waals surface area contributed by atoms with E-state index in [0.717, 1.165) is 16.7 Å². The van der Waals surface area contributed by atoms with Crippen molar-refractivity contribution in [2.75, 3.05) is 0 Å². The molecule has 0 spiro atoms. The number of amides is 1. The van der Waals surface area contributed by atoms with Crippen LogP contribution in [0.1, 0.15) is 44.4 Å². The van der Waals surface area contributed by atoms with Gasteiger partial charge in [0.1, 0.15) is 11.4 Å². The van der Waals surface area contributed by atoms with E-state index in [4.69, 9.17) is 4.42 Å². The van der Waals surface area contributed by atoms with E-state index in [1.165, 1.54) is 11.0 Å². The summed E-state index contributed by atoms with van der Waals surface area (Å²) in [6.07, 6.45) is 3.29. The fraction of sp³-hybridized carbons (Fsp3) is 0.160. The largest absolute Gasteiger partial charge is 0.450 e. The van der Waals surface area contributed by atoms with Crippen LogP contribution < -0.4 is 5.43 Å². The van der Waals surface area contributed by atoms with Gasteiger partial charge in [0.05, 0.1) is 17.0 Å². The maximum Gasteiger partial charge on any atom is 0.291 e. The monoisotopic (exact) mass is 414 g/mol. The Balaban J connectivity index is 1.79. The number of rotatable bonds is 3. The Morgan fingerprint density at radius 1 is 1.10 bits per heavy atom. The van der Waals surface area contributed by atoms with Crippen molar-refractivity contribution < 1.29 is 13.6 Å². The van der Waals surface area contributed by atoms with Gasteiger partial charge in [-0.05, 0) is 48.7 Å². The van der Waals surface area contributed by atoms with E-state index in [-0.39, 0.29) is 28.9 Å². The zero-order valence-electron chi connectivity index (χ0n) is 17.1. The van der Waals surface area contributed by atoms with Gasteiger partial charge in [0.25, 0.3) is 5.91 Å². The van der Waals surface area contributed by atoms with Crippen molar-refractivity contribution in [2.24, 2.45) is 0 Å². The molecule has 6 heteroatoms. The molecule has 0 fully saturated rings. The average Bonchev–Trinajstić information content (AvgIpc) is 3.02. The van der Waals surface area contributed by atoms with Gasteiger partial charge in [-0.2, -0.15) is 0 Å². The second-order valence-corrected chi connectivity index (χ2v) is 7.85. The highest BCUT2D eigenvalue weighted by atomic mass is 19.1. The summed E-state index contributed by atoms with van der Waals surface area (Å²) in [7, 11) is 0. The molecule has 5 nitrogen and oxygen atoms in total. The van der Waals surface area contributed by atoms with Crippen molar-refractivity contribution in [2.45, 2.75) is 26.4 Å². The Morgan fingerprint density at radius 2 is 1.90 bits per heavy atom. The van der Waals surface area contributed by atoms with E-state index in [0.29, 0.717) is 11.0 Å². The van der Waals surface area contributed by atoms with E-state index in [9.17, 15) is 14.0 Å². The zero-order chi connectivity index (χ0) is 21.7. The molecule has 0 saturated carbocycles. The number of halogens is 1. The standard InChI is InChI=1S/C25H19FN2O3/c1-14-10-15(2)23-18(11-14)22(29)20-21(17-7-3-4-8-19(17)26)28(25(30)24(20)31-23)13-16-6-5-9-27-12-16/h3-12,21H,13H2,1-2H3/t21-/m0/s1. The second kappa shape index (κ2) is 7.16. The third-order valence-corrected chi connectivity index (χ3v) is 5.67. The summed E-state index contributed by atoms with van der Waals surface area (Å²) in [6, 6.07) is 12.6. The minimum Gasteiger partial charge on any atom is -0.450 e. The minimum atomic E-state index is -0.884. The van der Waals surface area contributed by atoms with Crippen LogP contribution in [0.5, 0.6) is 0 Å². The third-order valence-electron chi connectivity index (χ3n) is 5.67. The highest BCUT2D eigenvalue weighted by Gasteiger charge is 2.43. The van der Waals surface area contributed by atoms with Crippen LogP contribution >= 0.6 is 0 Å². The maximum absolute atomic E-state index is 14.9. The topological polar surface area (TPSA) is 63.4 Å². The Morgan fingerprint density at radius 3 is 2.65 bits per heavy atom. The average molecular weight is 414 g/mol. The van der Waals surface area contributed by atoms with Crippen molar-refractivity contribution in [1.29, 1.82) is 0 Å². The third kappa shape index (κ3) is 3.03. The summed E-state index contributed by atoms with van der Waals surface area (Å²) in [6.45, 7) is 3.91. The van der Waals surface area contributed by atoms with Crippen molar-refractivity contribution in [1.82, 2.24) is 9.88 Å². The van der Waals surface area contributed by atoms with E-state index in [1.54, 1.807) is 42.7 Å². The first-order valence-corrected chi connectivity index (χ1v) is 9.98. The summed E-state index contributed by atoms with van der Waals surface area (Å²) >= 11 is 0. The normalized spacial score (nSPS) is 15.5. The van der Waals surface area contributed by atoms with Gasteiger partial charge in [0.15, 0.2) is 5.43 Å². The lowest BCUT2D eigenvalue weighted by Crippen LogP contribution is -2.29. The number of aromatic nitrogens is 1. The van der Waals surface area contributed by atoms with Gasteiger partial charge in [-0.3, -0.25) is 14.6 Å². The smallest absolute Gasteiger partial charge is 0.291 e. The predicted octanol–water partition coefficient (Wildman–Crippen LogP) is 4.69. The van der Waals surface area contributed by atoms with Gasteiger partial charge < -0.3 is 9.32 Å².